The molecule has 0 unspecified atom stereocenters. The molecule has 3 nitrogen and oxygen atoms in total. The molecule has 0 saturated heterocycles. The number of hydrogen-bond donors (Lipinski definition) is 1. The first-order valence-corrected chi connectivity index (χ1v) is 6.98. The van der Waals surface area contributed by atoms with E-state index in [1.54, 1.807) is 0 Å². The molecule has 0 aliphatic carbocycles. The lowest BCUT2D eigenvalue weighted by atomic mass is 10.0. The second kappa shape index (κ2) is 6.53. The Morgan fingerprint density at radius 1 is 1.25 bits per heavy atom. The van der Waals surface area contributed by atoms with Crippen molar-refractivity contribution in [3.05, 3.63) is 53.2 Å². The number of nitrogens with one attached hydrogen (secondary N) is 1. The number of hydrogen-bond acceptors (Lipinski definition) is 3. The number of aryl methyl sites for hydroxylation is 1. The van der Waals surface area contributed by atoms with Crippen molar-refractivity contribution in [2.24, 2.45) is 0 Å². The van der Waals surface area contributed by atoms with Crippen molar-refractivity contribution in [2.75, 3.05) is 7.05 Å². The zero-order chi connectivity index (χ0) is 14.5. The standard InChI is InChI=1S/C17H22N2O/c1-12(2)15-6-5-7-16(9-15)20-17-13(3)8-14(10-18-4)11-19-17/h5-9,11-12,18H,10H2,1-4H3. The Morgan fingerprint density at radius 3 is 2.70 bits per heavy atom. The van der Waals surface area contributed by atoms with Crippen LogP contribution in [0.2, 0.25) is 0 Å². The van der Waals surface area contributed by atoms with E-state index in [4.69, 9.17) is 4.74 Å². The molecule has 0 amide bonds. The maximum absolute atomic E-state index is 5.90. The first-order valence-electron chi connectivity index (χ1n) is 6.98. The molecule has 20 heavy (non-hydrogen) atoms. The number of rotatable bonds is 5. The van der Waals surface area contributed by atoms with Crippen molar-refractivity contribution in [3.63, 3.8) is 0 Å². The van der Waals surface area contributed by atoms with Gasteiger partial charge in [0.25, 0.3) is 0 Å². The summed E-state index contributed by atoms with van der Waals surface area (Å²) >= 11 is 0. The summed E-state index contributed by atoms with van der Waals surface area (Å²) in [5.74, 6) is 2.00. The fourth-order valence-electron chi connectivity index (χ4n) is 2.08. The fourth-order valence-corrected chi connectivity index (χ4v) is 2.08. The second-order valence-electron chi connectivity index (χ2n) is 5.33. The van der Waals surface area contributed by atoms with E-state index >= 15 is 0 Å². The van der Waals surface area contributed by atoms with Crippen LogP contribution < -0.4 is 10.1 Å². The minimum Gasteiger partial charge on any atom is -0.439 e. The van der Waals surface area contributed by atoms with Crippen LogP contribution in [0.4, 0.5) is 0 Å². The molecule has 0 aliphatic heterocycles. The van der Waals surface area contributed by atoms with Crippen molar-refractivity contribution in [3.8, 4) is 11.6 Å². The zero-order valence-electron chi connectivity index (χ0n) is 12.6. The number of ether oxygens (including phenoxy) is 1. The van der Waals surface area contributed by atoms with Gasteiger partial charge in [0, 0.05) is 18.3 Å². The molecule has 2 aromatic rings. The van der Waals surface area contributed by atoms with E-state index in [0.29, 0.717) is 11.8 Å². The quantitative estimate of drug-likeness (QED) is 0.891. The highest BCUT2D eigenvalue weighted by atomic mass is 16.5. The van der Waals surface area contributed by atoms with Crippen LogP contribution in [0.1, 0.15) is 36.5 Å². The maximum Gasteiger partial charge on any atom is 0.222 e. The molecule has 0 radical (unpaired) electrons. The number of pyridine rings is 1. The summed E-state index contributed by atoms with van der Waals surface area (Å²) < 4.78 is 5.90. The van der Waals surface area contributed by atoms with Crippen LogP contribution in [0.3, 0.4) is 0 Å². The second-order valence-corrected chi connectivity index (χ2v) is 5.33. The topological polar surface area (TPSA) is 34.2 Å². The van der Waals surface area contributed by atoms with E-state index in [2.05, 4.69) is 42.3 Å². The summed E-state index contributed by atoms with van der Waals surface area (Å²) in [6, 6.07) is 10.3. The van der Waals surface area contributed by atoms with Gasteiger partial charge >= 0.3 is 0 Å². The SMILES string of the molecule is CNCc1cnc(Oc2cccc(C(C)C)c2)c(C)c1. The van der Waals surface area contributed by atoms with Crippen molar-refractivity contribution in [2.45, 2.75) is 33.2 Å². The third-order valence-corrected chi connectivity index (χ3v) is 3.21. The lowest BCUT2D eigenvalue weighted by Gasteiger charge is -2.11. The highest BCUT2D eigenvalue weighted by Gasteiger charge is 2.06. The van der Waals surface area contributed by atoms with Gasteiger partial charge in [0.15, 0.2) is 0 Å². The molecule has 0 bridgehead atoms. The van der Waals surface area contributed by atoms with E-state index in [0.717, 1.165) is 23.4 Å². The van der Waals surface area contributed by atoms with Crippen molar-refractivity contribution < 1.29 is 4.74 Å². The summed E-state index contributed by atoms with van der Waals surface area (Å²) in [6.07, 6.45) is 1.85. The molecule has 3 heteroatoms. The molecule has 106 valence electrons. The summed E-state index contributed by atoms with van der Waals surface area (Å²) in [6.45, 7) is 7.19. The Morgan fingerprint density at radius 2 is 2.05 bits per heavy atom. The Kier molecular flexibility index (Phi) is 4.74. The Balaban J connectivity index is 2.19. The lowest BCUT2D eigenvalue weighted by Crippen LogP contribution is -2.06. The minimum atomic E-state index is 0.491. The Hall–Kier alpha value is -1.87. The molecule has 0 spiro atoms. The molecule has 0 atom stereocenters. The first kappa shape index (κ1) is 14.5. The molecule has 1 N–H and O–H groups in total. The van der Waals surface area contributed by atoms with E-state index in [1.807, 2.05) is 32.3 Å². The third-order valence-electron chi connectivity index (χ3n) is 3.21. The van der Waals surface area contributed by atoms with Gasteiger partial charge in [-0.1, -0.05) is 26.0 Å². The molecule has 1 heterocycles. The Bertz CT molecular complexity index is 579. The molecule has 1 aromatic carbocycles. The van der Waals surface area contributed by atoms with Gasteiger partial charge in [-0.05, 0) is 49.2 Å². The minimum absolute atomic E-state index is 0.491. The molecular weight excluding hydrogens is 248 g/mol. The molecule has 1 aromatic heterocycles. The van der Waals surface area contributed by atoms with Gasteiger partial charge in [-0.3, -0.25) is 0 Å². The number of benzene rings is 1. The third kappa shape index (κ3) is 3.58. The van der Waals surface area contributed by atoms with Crippen LogP contribution in [0, 0.1) is 6.92 Å². The van der Waals surface area contributed by atoms with Gasteiger partial charge in [-0.15, -0.1) is 0 Å². The average Bonchev–Trinajstić information content (AvgIpc) is 2.42. The van der Waals surface area contributed by atoms with Gasteiger partial charge in [0.05, 0.1) is 0 Å². The first-order chi connectivity index (χ1) is 9.60. The van der Waals surface area contributed by atoms with Gasteiger partial charge in [-0.2, -0.15) is 0 Å². The monoisotopic (exact) mass is 270 g/mol. The van der Waals surface area contributed by atoms with Crippen LogP contribution >= 0.6 is 0 Å². The molecule has 0 saturated carbocycles. The predicted molar refractivity (Wildman–Crippen MR) is 82.3 cm³/mol. The Labute approximate surface area is 121 Å². The van der Waals surface area contributed by atoms with Crippen LogP contribution in [0.5, 0.6) is 11.6 Å². The van der Waals surface area contributed by atoms with Gasteiger partial charge in [-0.25, -0.2) is 4.98 Å². The summed E-state index contributed by atoms with van der Waals surface area (Å²) in [5.41, 5.74) is 3.48. The van der Waals surface area contributed by atoms with Crippen LogP contribution in [0.15, 0.2) is 36.5 Å². The van der Waals surface area contributed by atoms with Crippen LogP contribution in [0.25, 0.3) is 0 Å². The predicted octanol–water partition coefficient (Wildman–Crippen LogP) is 4.03. The smallest absolute Gasteiger partial charge is 0.222 e. The van der Waals surface area contributed by atoms with Crippen molar-refractivity contribution >= 4 is 0 Å². The number of nitrogens with zero attached hydrogens (tertiary/aromatic N) is 1. The molecular formula is C17H22N2O. The summed E-state index contributed by atoms with van der Waals surface area (Å²) in [5, 5.41) is 3.12. The van der Waals surface area contributed by atoms with Crippen molar-refractivity contribution in [1.29, 1.82) is 0 Å². The van der Waals surface area contributed by atoms with E-state index in [-0.39, 0.29) is 0 Å². The zero-order valence-corrected chi connectivity index (χ0v) is 12.6. The maximum atomic E-state index is 5.90. The molecule has 2 rings (SSSR count). The lowest BCUT2D eigenvalue weighted by molar-refractivity contribution is 0.457. The highest BCUT2D eigenvalue weighted by Crippen LogP contribution is 2.26. The van der Waals surface area contributed by atoms with Crippen LogP contribution in [-0.4, -0.2) is 12.0 Å². The number of aromatic nitrogens is 1. The van der Waals surface area contributed by atoms with Gasteiger partial charge in [0.2, 0.25) is 5.88 Å². The van der Waals surface area contributed by atoms with Crippen LogP contribution in [-0.2, 0) is 6.54 Å². The molecule has 0 fully saturated rings. The van der Waals surface area contributed by atoms with Gasteiger partial charge in [0.1, 0.15) is 5.75 Å². The van der Waals surface area contributed by atoms with E-state index in [9.17, 15) is 0 Å². The fraction of sp³-hybridized carbons (Fsp3) is 0.353. The van der Waals surface area contributed by atoms with E-state index in [1.165, 1.54) is 5.56 Å². The highest BCUT2D eigenvalue weighted by molar-refractivity contribution is 5.36. The average molecular weight is 270 g/mol. The largest absolute Gasteiger partial charge is 0.439 e. The van der Waals surface area contributed by atoms with E-state index < -0.39 is 0 Å². The molecule has 0 aliphatic rings. The summed E-state index contributed by atoms with van der Waals surface area (Å²) in [4.78, 5) is 4.40. The van der Waals surface area contributed by atoms with Gasteiger partial charge < -0.3 is 10.1 Å². The van der Waals surface area contributed by atoms with Crippen molar-refractivity contribution in [1.82, 2.24) is 10.3 Å². The summed E-state index contributed by atoms with van der Waals surface area (Å²) in [7, 11) is 1.93. The normalized spacial score (nSPS) is 10.8.